The molecule has 0 aliphatic carbocycles. The van der Waals surface area contributed by atoms with Gasteiger partial charge in [-0.2, -0.15) is 5.26 Å². The summed E-state index contributed by atoms with van der Waals surface area (Å²) in [5.74, 6) is 1.51. The fourth-order valence-corrected chi connectivity index (χ4v) is 3.97. The van der Waals surface area contributed by atoms with E-state index in [1.165, 1.54) is 5.06 Å². The highest BCUT2D eigenvalue weighted by Gasteiger charge is 2.42. The van der Waals surface area contributed by atoms with E-state index in [4.69, 9.17) is 20.0 Å². The van der Waals surface area contributed by atoms with Crippen molar-refractivity contribution in [3.63, 3.8) is 0 Å². The van der Waals surface area contributed by atoms with Crippen LogP contribution in [0.15, 0.2) is 47.5 Å². The minimum Gasteiger partial charge on any atom is -0.464 e. The zero-order valence-electron chi connectivity index (χ0n) is 18.2. The average Bonchev–Trinajstić information content (AvgIpc) is 3.10. The number of rotatable bonds is 5. The Morgan fingerprint density at radius 3 is 2.71 bits per heavy atom. The molecule has 0 bridgehead atoms. The van der Waals surface area contributed by atoms with Gasteiger partial charge in [-0.15, -0.1) is 0 Å². The molecule has 3 atom stereocenters. The Kier molecular flexibility index (Phi) is 5.86. The average molecular weight is 421 g/mol. The van der Waals surface area contributed by atoms with Gasteiger partial charge in [0.2, 0.25) is 11.7 Å². The highest BCUT2D eigenvalue weighted by Crippen LogP contribution is 2.43. The number of hydrogen-bond donors (Lipinski definition) is 1. The van der Waals surface area contributed by atoms with E-state index in [1.807, 2.05) is 43.3 Å². The lowest BCUT2D eigenvalue weighted by atomic mass is 9.94. The lowest BCUT2D eigenvalue weighted by molar-refractivity contribution is -0.176. The first-order valence-corrected chi connectivity index (χ1v) is 10.7. The first kappa shape index (κ1) is 21.2. The summed E-state index contributed by atoms with van der Waals surface area (Å²) >= 11 is 0. The molecule has 2 unspecified atom stereocenters. The van der Waals surface area contributed by atoms with E-state index in [1.54, 1.807) is 13.1 Å². The number of benzene rings is 2. The minimum atomic E-state index is -0.987. The van der Waals surface area contributed by atoms with Crippen LogP contribution in [0.2, 0.25) is 0 Å². The Labute approximate surface area is 183 Å². The molecule has 2 aliphatic heterocycles. The highest BCUT2D eigenvalue weighted by atomic mass is 16.7. The molecule has 1 saturated heterocycles. The van der Waals surface area contributed by atoms with Crippen molar-refractivity contribution in [2.45, 2.75) is 45.1 Å². The van der Waals surface area contributed by atoms with Crippen molar-refractivity contribution >= 4 is 5.96 Å². The molecule has 0 radical (unpaired) electrons. The number of nitrogens with zero attached hydrogens (tertiary/aromatic N) is 3. The standard InChI is InChI=1S/C24H28N4O3/c1-4-24(27-23(26)28(3)31-24)20-13-19(18-7-5-6-17(12-18)14-25)9-10-21(20)30-22-11-8-16(2)15-29-22/h5-7,9-10,12-13,16,22H,4,8,11,15H2,1-3H3,(H2,26,27)/t16?,22-,24?/m1/s1. The first-order chi connectivity index (χ1) is 14.9. The Morgan fingerprint density at radius 1 is 1.26 bits per heavy atom. The molecule has 2 aliphatic rings. The molecule has 4 rings (SSSR count). The molecule has 31 heavy (non-hydrogen) atoms. The van der Waals surface area contributed by atoms with Gasteiger partial charge in [-0.25, -0.2) is 14.9 Å². The van der Waals surface area contributed by atoms with Gasteiger partial charge in [0, 0.05) is 19.9 Å². The Balaban J connectivity index is 1.77. The monoisotopic (exact) mass is 420 g/mol. The van der Waals surface area contributed by atoms with Gasteiger partial charge < -0.3 is 15.2 Å². The first-order valence-electron chi connectivity index (χ1n) is 10.7. The second-order valence-electron chi connectivity index (χ2n) is 8.16. The van der Waals surface area contributed by atoms with Gasteiger partial charge in [-0.05, 0) is 47.7 Å². The maximum absolute atomic E-state index is 9.28. The van der Waals surface area contributed by atoms with Crippen molar-refractivity contribution in [2.75, 3.05) is 13.7 Å². The normalized spacial score (nSPS) is 25.7. The number of ether oxygens (including phenoxy) is 2. The third kappa shape index (κ3) is 4.22. The lowest BCUT2D eigenvalue weighted by Gasteiger charge is -2.31. The van der Waals surface area contributed by atoms with Gasteiger partial charge in [0.25, 0.3) is 0 Å². The number of guanidine groups is 1. The van der Waals surface area contributed by atoms with Crippen LogP contribution in [0.4, 0.5) is 0 Å². The van der Waals surface area contributed by atoms with Gasteiger partial charge >= 0.3 is 0 Å². The van der Waals surface area contributed by atoms with Crippen LogP contribution in [-0.4, -0.2) is 31.0 Å². The Morgan fingerprint density at radius 2 is 2.06 bits per heavy atom. The zero-order valence-corrected chi connectivity index (χ0v) is 18.2. The molecular formula is C24H28N4O3. The van der Waals surface area contributed by atoms with Gasteiger partial charge in [0.05, 0.1) is 23.8 Å². The van der Waals surface area contributed by atoms with Gasteiger partial charge in [-0.1, -0.05) is 32.0 Å². The quantitative estimate of drug-likeness (QED) is 0.782. The number of hydroxylamine groups is 2. The minimum absolute atomic E-state index is 0.308. The summed E-state index contributed by atoms with van der Waals surface area (Å²) in [4.78, 5) is 10.8. The van der Waals surface area contributed by atoms with Crippen molar-refractivity contribution in [3.05, 3.63) is 53.6 Å². The third-order valence-electron chi connectivity index (χ3n) is 5.83. The van der Waals surface area contributed by atoms with E-state index in [-0.39, 0.29) is 6.29 Å². The van der Waals surface area contributed by atoms with Crippen molar-refractivity contribution in [2.24, 2.45) is 16.6 Å². The van der Waals surface area contributed by atoms with Crippen LogP contribution in [0.3, 0.4) is 0 Å². The maximum Gasteiger partial charge on any atom is 0.218 e. The molecule has 7 nitrogen and oxygen atoms in total. The van der Waals surface area contributed by atoms with Crippen LogP contribution in [-0.2, 0) is 15.3 Å². The van der Waals surface area contributed by atoms with E-state index in [2.05, 4.69) is 18.0 Å². The molecule has 2 aromatic carbocycles. The van der Waals surface area contributed by atoms with Crippen LogP contribution in [0.5, 0.6) is 5.75 Å². The molecule has 0 aromatic heterocycles. The highest BCUT2D eigenvalue weighted by molar-refractivity contribution is 5.79. The van der Waals surface area contributed by atoms with Crippen molar-refractivity contribution in [3.8, 4) is 22.9 Å². The number of hydrogen-bond acceptors (Lipinski definition) is 7. The fourth-order valence-electron chi connectivity index (χ4n) is 3.97. The Hall–Kier alpha value is -3.08. The lowest BCUT2D eigenvalue weighted by Crippen LogP contribution is -2.33. The summed E-state index contributed by atoms with van der Waals surface area (Å²) < 4.78 is 12.2. The smallest absolute Gasteiger partial charge is 0.218 e. The third-order valence-corrected chi connectivity index (χ3v) is 5.83. The molecule has 7 heteroatoms. The van der Waals surface area contributed by atoms with Crippen LogP contribution >= 0.6 is 0 Å². The van der Waals surface area contributed by atoms with Crippen molar-refractivity contribution < 1.29 is 14.3 Å². The summed E-state index contributed by atoms with van der Waals surface area (Å²) in [6.45, 7) is 4.86. The second-order valence-corrected chi connectivity index (χ2v) is 8.16. The van der Waals surface area contributed by atoms with E-state index < -0.39 is 5.72 Å². The Bertz CT molecular complexity index is 1020. The predicted molar refractivity (Wildman–Crippen MR) is 118 cm³/mol. The molecule has 1 fully saturated rings. The number of aliphatic imine (C=N–C) groups is 1. The summed E-state index contributed by atoms with van der Waals surface area (Å²) in [6, 6.07) is 15.6. The van der Waals surface area contributed by atoms with E-state index in [9.17, 15) is 5.26 Å². The second kappa shape index (κ2) is 8.58. The van der Waals surface area contributed by atoms with Crippen molar-refractivity contribution in [1.82, 2.24) is 5.06 Å². The van der Waals surface area contributed by atoms with Gasteiger partial charge in [0.1, 0.15) is 5.75 Å². The van der Waals surface area contributed by atoms with Crippen LogP contribution in [0.1, 0.15) is 44.2 Å². The number of nitrogens with two attached hydrogens (primary N) is 1. The predicted octanol–water partition coefficient (Wildman–Crippen LogP) is 4.13. The summed E-state index contributed by atoms with van der Waals surface area (Å²) in [5, 5.41) is 10.8. The summed E-state index contributed by atoms with van der Waals surface area (Å²) in [5.41, 5.74) is 8.33. The maximum atomic E-state index is 9.28. The van der Waals surface area contributed by atoms with Gasteiger partial charge in [0.15, 0.2) is 6.29 Å². The number of nitriles is 1. The molecule has 2 N–H and O–H groups in total. The summed E-state index contributed by atoms with van der Waals surface area (Å²) in [6.07, 6.45) is 2.15. The SMILES string of the molecule is CCC1(c2cc(-c3cccc(C#N)c3)ccc2O[C@@H]2CCC(C)CO2)N=C(N)N(C)O1. The molecular weight excluding hydrogens is 392 g/mol. The fraction of sp³-hybridized carbons (Fsp3) is 0.417. The topological polar surface area (TPSA) is 93.1 Å². The zero-order chi connectivity index (χ0) is 22.0. The van der Waals surface area contributed by atoms with Crippen molar-refractivity contribution in [1.29, 1.82) is 5.26 Å². The van der Waals surface area contributed by atoms with Crippen LogP contribution in [0.25, 0.3) is 11.1 Å². The largest absolute Gasteiger partial charge is 0.464 e. The molecule has 2 heterocycles. The van der Waals surface area contributed by atoms with E-state index in [0.29, 0.717) is 36.2 Å². The molecule has 0 spiro atoms. The molecule has 0 saturated carbocycles. The summed E-state index contributed by atoms with van der Waals surface area (Å²) in [7, 11) is 1.74. The van der Waals surface area contributed by atoms with E-state index >= 15 is 0 Å². The van der Waals surface area contributed by atoms with E-state index in [0.717, 1.165) is 29.5 Å². The van der Waals surface area contributed by atoms with Crippen LogP contribution < -0.4 is 10.5 Å². The molecule has 2 aromatic rings. The van der Waals surface area contributed by atoms with Gasteiger partial charge in [-0.3, -0.25) is 0 Å². The molecule has 0 amide bonds. The van der Waals surface area contributed by atoms with Crippen LogP contribution in [0, 0.1) is 17.2 Å². The molecule has 162 valence electrons.